The highest BCUT2D eigenvalue weighted by Crippen LogP contribution is 2.25. The predicted octanol–water partition coefficient (Wildman–Crippen LogP) is 0.789. The molecule has 1 atom stereocenters. The van der Waals surface area contributed by atoms with Crippen molar-refractivity contribution in [1.82, 2.24) is 5.32 Å². The highest BCUT2D eigenvalue weighted by molar-refractivity contribution is 6.04. The minimum Gasteiger partial charge on any atom is -0.370 e. The fourth-order valence-corrected chi connectivity index (χ4v) is 1.71. The van der Waals surface area contributed by atoms with E-state index >= 15 is 0 Å². The molecule has 4 heteroatoms. The fourth-order valence-electron chi connectivity index (χ4n) is 1.71. The predicted molar refractivity (Wildman–Crippen MR) is 58.4 cm³/mol. The van der Waals surface area contributed by atoms with Gasteiger partial charge in [0.05, 0.1) is 0 Å². The zero-order chi connectivity index (χ0) is 11.0. The summed E-state index contributed by atoms with van der Waals surface area (Å²) in [6, 6.07) is 5.37. The van der Waals surface area contributed by atoms with Gasteiger partial charge in [-0.25, -0.2) is 4.99 Å². The smallest absolute Gasteiger partial charge is 0.256 e. The number of aryl methyl sites for hydroxylation is 1. The summed E-state index contributed by atoms with van der Waals surface area (Å²) in [6.07, 6.45) is 0. The molecule has 15 heavy (non-hydrogen) atoms. The number of rotatable bonds is 1. The molecular formula is C11H13N3O. The zero-order valence-corrected chi connectivity index (χ0v) is 8.74. The number of amides is 1. The molecule has 78 valence electrons. The number of nitrogens with zero attached hydrogens (tertiary/aromatic N) is 1. The van der Waals surface area contributed by atoms with Gasteiger partial charge in [0.25, 0.3) is 5.91 Å². The number of aliphatic imine (C=N–C) groups is 1. The van der Waals surface area contributed by atoms with Gasteiger partial charge in [-0.2, -0.15) is 0 Å². The number of guanidine groups is 1. The minimum absolute atomic E-state index is 0.152. The molecule has 1 unspecified atom stereocenters. The molecule has 0 bridgehead atoms. The summed E-state index contributed by atoms with van der Waals surface area (Å²) in [4.78, 5) is 15.6. The molecule has 4 nitrogen and oxygen atoms in total. The summed E-state index contributed by atoms with van der Waals surface area (Å²) in [6.45, 7) is 4.00. The van der Waals surface area contributed by atoms with E-state index in [2.05, 4.69) is 10.3 Å². The van der Waals surface area contributed by atoms with E-state index in [1.54, 1.807) is 0 Å². The van der Waals surface area contributed by atoms with Gasteiger partial charge >= 0.3 is 0 Å². The molecule has 1 amide bonds. The van der Waals surface area contributed by atoms with Crippen molar-refractivity contribution in [3.63, 3.8) is 0 Å². The van der Waals surface area contributed by atoms with E-state index < -0.39 is 6.04 Å². The number of carbonyl (C=O) groups is 1. The quantitative estimate of drug-likeness (QED) is 0.708. The summed E-state index contributed by atoms with van der Waals surface area (Å²) < 4.78 is 0. The number of hydrogen-bond acceptors (Lipinski definition) is 3. The molecule has 1 aliphatic heterocycles. The average molecular weight is 203 g/mol. The molecule has 0 saturated carbocycles. The maximum Gasteiger partial charge on any atom is 0.256 e. The zero-order valence-electron chi connectivity index (χ0n) is 8.74. The van der Waals surface area contributed by atoms with E-state index in [4.69, 9.17) is 5.73 Å². The Hall–Kier alpha value is -1.84. The second-order valence-corrected chi connectivity index (χ2v) is 3.70. The van der Waals surface area contributed by atoms with Crippen molar-refractivity contribution >= 4 is 11.9 Å². The molecule has 1 heterocycles. The lowest BCUT2D eigenvalue weighted by Gasteiger charge is -2.10. The molecule has 0 fully saturated rings. The first kappa shape index (κ1) is 9.71. The summed E-state index contributed by atoms with van der Waals surface area (Å²) >= 11 is 0. The van der Waals surface area contributed by atoms with Gasteiger partial charge in [-0.05, 0) is 30.5 Å². The van der Waals surface area contributed by atoms with Gasteiger partial charge in [0.15, 0.2) is 12.0 Å². The highest BCUT2D eigenvalue weighted by atomic mass is 16.2. The lowest BCUT2D eigenvalue weighted by molar-refractivity contribution is -0.120. The van der Waals surface area contributed by atoms with Crippen LogP contribution >= 0.6 is 0 Å². The molecule has 0 saturated heterocycles. The van der Waals surface area contributed by atoms with E-state index in [1.165, 1.54) is 0 Å². The second-order valence-electron chi connectivity index (χ2n) is 3.70. The number of carbonyl (C=O) groups excluding carboxylic acids is 1. The monoisotopic (exact) mass is 203 g/mol. The topological polar surface area (TPSA) is 67.5 Å². The van der Waals surface area contributed by atoms with Crippen molar-refractivity contribution in [2.24, 2.45) is 10.7 Å². The Labute approximate surface area is 88.2 Å². The molecule has 1 aromatic rings. The molecule has 0 aromatic heterocycles. The van der Waals surface area contributed by atoms with Crippen molar-refractivity contribution in [2.75, 3.05) is 0 Å². The Balaban J connectivity index is 2.46. The highest BCUT2D eigenvalue weighted by Gasteiger charge is 2.27. The second kappa shape index (κ2) is 3.38. The van der Waals surface area contributed by atoms with Crippen LogP contribution in [-0.4, -0.2) is 11.9 Å². The Morgan fingerprint density at radius 3 is 2.73 bits per heavy atom. The van der Waals surface area contributed by atoms with Crippen LogP contribution in [0, 0.1) is 13.8 Å². The Morgan fingerprint density at radius 2 is 2.13 bits per heavy atom. The number of nitrogens with two attached hydrogens (primary N) is 1. The number of hydrogen-bond donors (Lipinski definition) is 2. The van der Waals surface area contributed by atoms with Crippen LogP contribution in [0.2, 0.25) is 0 Å². The fraction of sp³-hybridized carbons (Fsp3) is 0.273. The lowest BCUT2D eigenvalue weighted by atomic mass is 9.98. The first-order chi connectivity index (χ1) is 7.09. The van der Waals surface area contributed by atoms with Crippen LogP contribution in [0.25, 0.3) is 0 Å². The molecule has 0 spiro atoms. The van der Waals surface area contributed by atoms with E-state index in [9.17, 15) is 4.79 Å². The van der Waals surface area contributed by atoms with Crippen molar-refractivity contribution in [1.29, 1.82) is 0 Å². The Morgan fingerprint density at radius 1 is 1.40 bits per heavy atom. The molecular weight excluding hydrogens is 190 g/mol. The van der Waals surface area contributed by atoms with E-state index in [-0.39, 0.29) is 11.9 Å². The largest absolute Gasteiger partial charge is 0.370 e. The van der Waals surface area contributed by atoms with Gasteiger partial charge < -0.3 is 5.73 Å². The maximum atomic E-state index is 11.5. The third kappa shape index (κ3) is 1.58. The van der Waals surface area contributed by atoms with E-state index in [0.717, 1.165) is 16.7 Å². The first-order valence-electron chi connectivity index (χ1n) is 4.80. The SMILES string of the molecule is Cc1cccc(C2N=C(N)NC2=O)c1C. The molecule has 1 aromatic carbocycles. The summed E-state index contributed by atoms with van der Waals surface area (Å²) in [5, 5.41) is 2.50. The summed E-state index contributed by atoms with van der Waals surface area (Å²) in [5.41, 5.74) is 8.63. The van der Waals surface area contributed by atoms with Gasteiger partial charge in [-0.15, -0.1) is 0 Å². The van der Waals surface area contributed by atoms with E-state index in [0.29, 0.717) is 0 Å². The van der Waals surface area contributed by atoms with Crippen LogP contribution in [0.1, 0.15) is 22.7 Å². The van der Waals surface area contributed by atoms with Crippen molar-refractivity contribution < 1.29 is 4.79 Å². The average Bonchev–Trinajstić information content (AvgIpc) is 2.50. The van der Waals surface area contributed by atoms with Gasteiger partial charge in [-0.3, -0.25) is 10.1 Å². The van der Waals surface area contributed by atoms with Gasteiger partial charge in [0.2, 0.25) is 0 Å². The summed E-state index contributed by atoms with van der Waals surface area (Å²) in [7, 11) is 0. The maximum absolute atomic E-state index is 11.5. The molecule has 2 rings (SSSR count). The van der Waals surface area contributed by atoms with Crippen LogP contribution in [0.4, 0.5) is 0 Å². The third-order valence-corrected chi connectivity index (χ3v) is 2.71. The lowest BCUT2D eigenvalue weighted by Crippen LogP contribution is -2.31. The van der Waals surface area contributed by atoms with Crippen molar-refractivity contribution in [3.05, 3.63) is 34.9 Å². The molecule has 1 aliphatic rings. The van der Waals surface area contributed by atoms with Crippen LogP contribution < -0.4 is 11.1 Å². The van der Waals surface area contributed by atoms with Gasteiger partial charge in [0, 0.05) is 0 Å². The van der Waals surface area contributed by atoms with E-state index in [1.807, 2.05) is 32.0 Å². The van der Waals surface area contributed by atoms with Crippen LogP contribution in [0.15, 0.2) is 23.2 Å². The van der Waals surface area contributed by atoms with Crippen molar-refractivity contribution in [3.8, 4) is 0 Å². The number of benzene rings is 1. The van der Waals surface area contributed by atoms with Crippen molar-refractivity contribution in [2.45, 2.75) is 19.9 Å². The van der Waals surface area contributed by atoms with Gasteiger partial charge in [0.1, 0.15) is 0 Å². The summed E-state index contributed by atoms with van der Waals surface area (Å²) in [5.74, 6) is 0.0482. The minimum atomic E-state index is -0.482. The standard InChI is InChI=1S/C11H13N3O/c1-6-4-3-5-8(7(6)2)9-10(15)14-11(12)13-9/h3-5,9H,1-2H3,(H3,12,13,14,15). The Kier molecular flexibility index (Phi) is 2.19. The van der Waals surface area contributed by atoms with Crippen LogP contribution in [0.5, 0.6) is 0 Å². The van der Waals surface area contributed by atoms with Crippen LogP contribution in [0.3, 0.4) is 0 Å². The third-order valence-electron chi connectivity index (χ3n) is 2.71. The van der Waals surface area contributed by atoms with Gasteiger partial charge in [-0.1, -0.05) is 18.2 Å². The molecule has 0 aliphatic carbocycles. The Bertz CT molecular complexity index is 451. The first-order valence-corrected chi connectivity index (χ1v) is 4.80. The van der Waals surface area contributed by atoms with Crippen LogP contribution in [-0.2, 0) is 4.79 Å². The molecule has 0 radical (unpaired) electrons. The number of nitrogens with one attached hydrogen (secondary N) is 1. The normalized spacial score (nSPS) is 20.0. The molecule has 3 N–H and O–H groups in total.